The molecule has 0 radical (unpaired) electrons. The zero-order chi connectivity index (χ0) is 20.2. The first-order valence-corrected chi connectivity index (χ1v) is 10.0. The Balaban J connectivity index is 1.55. The van der Waals surface area contributed by atoms with E-state index in [0.717, 1.165) is 41.0 Å². The van der Waals surface area contributed by atoms with Gasteiger partial charge in [0.15, 0.2) is 0 Å². The van der Waals surface area contributed by atoms with Crippen molar-refractivity contribution in [1.82, 2.24) is 14.5 Å². The molecule has 2 aromatic heterocycles. The number of ether oxygens (including phenoxy) is 1. The van der Waals surface area contributed by atoms with Crippen molar-refractivity contribution in [3.8, 4) is 11.1 Å². The van der Waals surface area contributed by atoms with Crippen LogP contribution >= 0.6 is 0 Å². The summed E-state index contributed by atoms with van der Waals surface area (Å²) in [6.45, 7) is 5.19. The summed E-state index contributed by atoms with van der Waals surface area (Å²) in [7, 11) is 0. The molecule has 1 aromatic carbocycles. The number of nitrogens with zero attached hydrogens (tertiary/aromatic N) is 4. The van der Waals surface area contributed by atoms with Gasteiger partial charge in [-0.15, -0.1) is 0 Å². The highest BCUT2D eigenvalue weighted by Crippen LogP contribution is 2.29. The van der Waals surface area contributed by atoms with Crippen molar-refractivity contribution in [3.63, 3.8) is 0 Å². The van der Waals surface area contributed by atoms with Gasteiger partial charge in [-0.1, -0.05) is 24.3 Å². The second kappa shape index (κ2) is 8.53. The van der Waals surface area contributed by atoms with Crippen LogP contribution in [0.2, 0.25) is 0 Å². The van der Waals surface area contributed by atoms with Crippen LogP contribution in [0.1, 0.15) is 12.5 Å². The Labute approximate surface area is 170 Å². The Morgan fingerprint density at radius 1 is 1.10 bits per heavy atom. The number of carbonyl (C=O) groups is 1. The highest BCUT2D eigenvalue weighted by Gasteiger charge is 2.23. The molecule has 29 heavy (non-hydrogen) atoms. The van der Waals surface area contributed by atoms with E-state index in [2.05, 4.69) is 40.3 Å². The maximum Gasteiger partial charge on any atom is 0.409 e. The molecule has 7 nitrogen and oxygen atoms in total. The molecule has 1 N–H and O–H groups in total. The zero-order valence-electron chi connectivity index (χ0n) is 16.6. The van der Waals surface area contributed by atoms with Gasteiger partial charge in [0.2, 0.25) is 0 Å². The summed E-state index contributed by atoms with van der Waals surface area (Å²) < 4.78 is 7.02. The molecule has 1 amide bonds. The Morgan fingerprint density at radius 3 is 2.55 bits per heavy atom. The fourth-order valence-electron chi connectivity index (χ4n) is 3.76. The van der Waals surface area contributed by atoms with Crippen molar-refractivity contribution in [1.29, 1.82) is 0 Å². The molecule has 3 aromatic rings. The number of aliphatic hydroxyl groups excluding tert-OH is 1. The normalized spacial score (nSPS) is 14.4. The summed E-state index contributed by atoms with van der Waals surface area (Å²) in [6.07, 6.45) is 4.28. The van der Waals surface area contributed by atoms with Crippen molar-refractivity contribution in [3.05, 3.63) is 54.4 Å². The Hall–Kier alpha value is -3.06. The van der Waals surface area contributed by atoms with Crippen LogP contribution in [-0.4, -0.2) is 65.1 Å². The highest BCUT2D eigenvalue weighted by molar-refractivity contribution is 5.80. The predicted octanol–water partition coefficient (Wildman–Crippen LogP) is 2.81. The lowest BCUT2D eigenvalue weighted by atomic mass is 10.1. The number of hydrogen-bond acceptors (Lipinski definition) is 5. The van der Waals surface area contributed by atoms with Gasteiger partial charge in [0.05, 0.1) is 17.8 Å². The third kappa shape index (κ3) is 4.05. The minimum Gasteiger partial charge on any atom is -0.450 e. The van der Waals surface area contributed by atoms with Gasteiger partial charge < -0.3 is 19.6 Å². The number of aliphatic hydroxyl groups is 1. The molecule has 1 fully saturated rings. The van der Waals surface area contributed by atoms with Crippen molar-refractivity contribution in [2.24, 2.45) is 0 Å². The Kier molecular flexibility index (Phi) is 5.67. The van der Waals surface area contributed by atoms with Crippen LogP contribution in [0.5, 0.6) is 0 Å². The standard InChI is InChI=1S/C22H26N4O3/c1-2-29-22(28)25-12-10-24(11-13-25)20-7-9-23-26-16-19(15-21(20)26)18-5-3-17(4-6-18)8-14-27/h3-7,9,15-16,27H,2,8,10-14H2,1H3. The van der Waals surface area contributed by atoms with Gasteiger partial charge in [-0.3, -0.25) is 0 Å². The molecule has 0 saturated carbocycles. The molecule has 0 atom stereocenters. The molecular weight excluding hydrogens is 368 g/mol. The SMILES string of the molecule is CCOC(=O)N1CCN(c2ccnn3cc(-c4ccc(CCO)cc4)cc23)CC1. The van der Waals surface area contributed by atoms with E-state index in [1.54, 1.807) is 4.90 Å². The van der Waals surface area contributed by atoms with E-state index in [4.69, 9.17) is 9.84 Å². The number of benzene rings is 1. The van der Waals surface area contributed by atoms with Gasteiger partial charge in [0, 0.05) is 50.7 Å². The second-order valence-corrected chi connectivity index (χ2v) is 7.12. The van der Waals surface area contributed by atoms with Crippen LogP contribution < -0.4 is 4.90 Å². The minimum atomic E-state index is -0.235. The average molecular weight is 394 g/mol. The van der Waals surface area contributed by atoms with E-state index in [-0.39, 0.29) is 12.7 Å². The largest absolute Gasteiger partial charge is 0.450 e. The number of anilines is 1. The Bertz CT molecular complexity index is 975. The molecule has 1 saturated heterocycles. The van der Waals surface area contributed by atoms with Crippen molar-refractivity contribution < 1.29 is 14.6 Å². The molecule has 1 aliphatic heterocycles. The molecule has 0 spiro atoms. The predicted molar refractivity (Wildman–Crippen MR) is 112 cm³/mol. The first-order valence-electron chi connectivity index (χ1n) is 10.0. The summed E-state index contributed by atoms with van der Waals surface area (Å²) in [5.74, 6) is 0. The molecule has 3 heterocycles. The van der Waals surface area contributed by atoms with Crippen LogP contribution in [0.15, 0.2) is 48.8 Å². The molecule has 7 heteroatoms. The van der Waals surface area contributed by atoms with Gasteiger partial charge in [0.25, 0.3) is 0 Å². The zero-order valence-corrected chi connectivity index (χ0v) is 16.6. The van der Waals surface area contributed by atoms with E-state index in [1.807, 2.05) is 29.9 Å². The third-order valence-electron chi connectivity index (χ3n) is 5.32. The van der Waals surface area contributed by atoms with E-state index in [9.17, 15) is 4.79 Å². The van der Waals surface area contributed by atoms with Crippen LogP contribution in [0.3, 0.4) is 0 Å². The fraction of sp³-hybridized carbons (Fsp3) is 0.364. The van der Waals surface area contributed by atoms with Crippen molar-refractivity contribution in [2.75, 3.05) is 44.3 Å². The monoisotopic (exact) mass is 394 g/mol. The highest BCUT2D eigenvalue weighted by atomic mass is 16.6. The number of piperazine rings is 1. The summed E-state index contributed by atoms with van der Waals surface area (Å²) >= 11 is 0. The van der Waals surface area contributed by atoms with Crippen LogP contribution in [0.4, 0.5) is 10.5 Å². The lowest BCUT2D eigenvalue weighted by Gasteiger charge is -2.35. The van der Waals surface area contributed by atoms with Crippen molar-refractivity contribution in [2.45, 2.75) is 13.3 Å². The summed E-state index contributed by atoms with van der Waals surface area (Å²) in [6, 6.07) is 12.5. The molecular formula is C22H26N4O3. The first kappa shape index (κ1) is 19.3. The van der Waals surface area contributed by atoms with Gasteiger partial charge in [-0.25, -0.2) is 9.31 Å². The maximum atomic E-state index is 11.9. The van der Waals surface area contributed by atoms with Crippen LogP contribution in [0.25, 0.3) is 16.6 Å². The Morgan fingerprint density at radius 2 is 1.86 bits per heavy atom. The first-order chi connectivity index (χ1) is 14.2. The fourth-order valence-corrected chi connectivity index (χ4v) is 3.76. The molecule has 152 valence electrons. The summed E-state index contributed by atoms with van der Waals surface area (Å²) in [4.78, 5) is 16.0. The smallest absolute Gasteiger partial charge is 0.409 e. The molecule has 0 unspecified atom stereocenters. The third-order valence-corrected chi connectivity index (χ3v) is 5.32. The van der Waals surface area contributed by atoms with Crippen LogP contribution in [-0.2, 0) is 11.2 Å². The van der Waals surface area contributed by atoms with E-state index < -0.39 is 0 Å². The van der Waals surface area contributed by atoms with E-state index in [0.29, 0.717) is 26.1 Å². The van der Waals surface area contributed by atoms with Gasteiger partial charge >= 0.3 is 6.09 Å². The summed E-state index contributed by atoms with van der Waals surface area (Å²) in [5.41, 5.74) is 5.51. The van der Waals surface area contributed by atoms with Crippen LogP contribution in [0, 0.1) is 0 Å². The number of aromatic nitrogens is 2. The summed E-state index contributed by atoms with van der Waals surface area (Å²) in [5, 5.41) is 13.6. The lowest BCUT2D eigenvalue weighted by molar-refractivity contribution is 0.105. The molecule has 4 rings (SSSR count). The molecule has 0 bridgehead atoms. The molecule has 0 aliphatic carbocycles. The van der Waals surface area contributed by atoms with E-state index in [1.165, 1.54) is 0 Å². The number of rotatable bonds is 5. The minimum absolute atomic E-state index is 0.159. The van der Waals surface area contributed by atoms with Crippen molar-refractivity contribution >= 4 is 17.3 Å². The quantitative estimate of drug-likeness (QED) is 0.721. The topological polar surface area (TPSA) is 70.3 Å². The number of hydrogen-bond donors (Lipinski definition) is 1. The van der Waals surface area contributed by atoms with Gasteiger partial charge in [-0.05, 0) is 36.6 Å². The number of amides is 1. The van der Waals surface area contributed by atoms with Gasteiger partial charge in [0.1, 0.15) is 0 Å². The molecule has 1 aliphatic rings. The van der Waals surface area contributed by atoms with Gasteiger partial charge in [-0.2, -0.15) is 5.10 Å². The maximum absolute atomic E-state index is 11.9. The van der Waals surface area contributed by atoms with E-state index >= 15 is 0 Å². The number of fused-ring (bicyclic) bond motifs is 1. The number of carbonyl (C=O) groups excluding carboxylic acids is 1. The average Bonchev–Trinajstić information content (AvgIpc) is 3.19. The lowest BCUT2D eigenvalue weighted by Crippen LogP contribution is -2.49. The second-order valence-electron chi connectivity index (χ2n) is 7.12.